The van der Waals surface area contributed by atoms with Crippen molar-refractivity contribution in [3.8, 4) is 0 Å². The molecule has 0 saturated carbocycles. The Balaban J connectivity index is 2.36. The second kappa shape index (κ2) is 5.29. The summed E-state index contributed by atoms with van der Waals surface area (Å²) in [5.41, 5.74) is 0. The fourth-order valence-electron chi connectivity index (χ4n) is 1.56. The number of rotatable bonds is 5. The highest BCUT2D eigenvalue weighted by Crippen LogP contribution is 2.29. The standard InChI is InChI=1S/C11H16N4OS/c1-7-6-8-9(13-4-5-16-3)14-11(12-2)15-10(8)17-7/h6H,4-5H2,1-3H3,(H2,12,13,14,15). The van der Waals surface area contributed by atoms with Crippen LogP contribution in [0.15, 0.2) is 6.07 Å². The number of nitrogens with zero attached hydrogens (tertiary/aromatic N) is 2. The number of aryl methyl sites for hydroxylation is 1. The first-order valence-corrected chi connectivity index (χ1v) is 6.25. The van der Waals surface area contributed by atoms with E-state index >= 15 is 0 Å². The summed E-state index contributed by atoms with van der Waals surface area (Å²) in [6.07, 6.45) is 0. The van der Waals surface area contributed by atoms with Crippen LogP contribution in [0.3, 0.4) is 0 Å². The van der Waals surface area contributed by atoms with Crippen LogP contribution in [0, 0.1) is 6.92 Å². The predicted octanol–water partition coefficient (Wildman–Crippen LogP) is 2.10. The van der Waals surface area contributed by atoms with E-state index in [1.165, 1.54) is 4.88 Å². The molecule has 0 atom stereocenters. The van der Waals surface area contributed by atoms with Gasteiger partial charge < -0.3 is 15.4 Å². The molecule has 2 N–H and O–H groups in total. The van der Waals surface area contributed by atoms with Crippen molar-refractivity contribution in [2.75, 3.05) is 37.9 Å². The third kappa shape index (κ3) is 2.65. The molecule has 5 nitrogen and oxygen atoms in total. The van der Waals surface area contributed by atoms with Gasteiger partial charge in [0, 0.05) is 25.6 Å². The van der Waals surface area contributed by atoms with Crippen LogP contribution in [0.4, 0.5) is 11.8 Å². The molecule has 0 radical (unpaired) electrons. The van der Waals surface area contributed by atoms with E-state index in [2.05, 4.69) is 33.6 Å². The predicted molar refractivity (Wildman–Crippen MR) is 72.1 cm³/mol. The molecule has 17 heavy (non-hydrogen) atoms. The van der Waals surface area contributed by atoms with Crippen molar-refractivity contribution in [3.63, 3.8) is 0 Å². The molecular formula is C11H16N4OS. The summed E-state index contributed by atoms with van der Waals surface area (Å²) in [6.45, 7) is 3.47. The zero-order valence-electron chi connectivity index (χ0n) is 10.2. The topological polar surface area (TPSA) is 59.1 Å². The molecule has 0 aromatic carbocycles. The van der Waals surface area contributed by atoms with Crippen molar-refractivity contribution in [1.82, 2.24) is 9.97 Å². The molecule has 0 aliphatic heterocycles. The van der Waals surface area contributed by atoms with Crippen molar-refractivity contribution in [1.29, 1.82) is 0 Å². The molecule has 0 bridgehead atoms. The molecule has 2 aromatic rings. The minimum absolute atomic E-state index is 0.638. The van der Waals surface area contributed by atoms with E-state index in [-0.39, 0.29) is 0 Å². The number of hydrogen-bond acceptors (Lipinski definition) is 6. The Bertz CT molecular complexity index is 511. The van der Waals surface area contributed by atoms with Crippen molar-refractivity contribution in [2.24, 2.45) is 0 Å². The molecule has 92 valence electrons. The van der Waals surface area contributed by atoms with Gasteiger partial charge >= 0.3 is 0 Å². The summed E-state index contributed by atoms with van der Waals surface area (Å²) >= 11 is 1.67. The molecule has 0 aliphatic carbocycles. The maximum atomic E-state index is 5.02. The molecule has 0 amide bonds. The van der Waals surface area contributed by atoms with Crippen molar-refractivity contribution >= 4 is 33.3 Å². The van der Waals surface area contributed by atoms with Gasteiger partial charge in [0.2, 0.25) is 5.95 Å². The number of aromatic nitrogens is 2. The largest absolute Gasteiger partial charge is 0.383 e. The van der Waals surface area contributed by atoms with Crippen LogP contribution < -0.4 is 10.6 Å². The Morgan fingerprint density at radius 3 is 2.94 bits per heavy atom. The number of hydrogen-bond donors (Lipinski definition) is 2. The van der Waals surface area contributed by atoms with Gasteiger partial charge in [0.15, 0.2) is 0 Å². The van der Waals surface area contributed by atoms with Crippen molar-refractivity contribution in [3.05, 3.63) is 10.9 Å². The highest BCUT2D eigenvalue weighted by Gasteiger charge is 2.09. The summed E-state index contributed by atoms with van der Waals surface area (Å²) < 4.78 is 5.02. The van der Waals surface area contributed by atoms with E-state index < -0.39 is 0 Å². The number of ether oxygens (including phenoxy) is 1. The first-order valence-electron chi connectivity index (χ1n) is 5.43. The highest BCUT2D eigenvalue weighted by atomic mass is 32.1. The molecule has 2 rings (SSSR count). The minimum Gasteiger partial charge on any atom is -0.383 e. The number of fused-ring (bicyclic) bond motifs is 1. The van der Waals surface area contributed by atoms with E-state index in [1.54, 1.807) is 18.4 Å². The second-order valence-corrected chi connectivity index (χ2v) is 4.88. The van der Waals surface area contributed by atoms with Crippen molar-refractivity contribution < 1.29 is 4.74 Å². The second-order valence-electron chi connectivity index (χ2n) is 3.64. The van der Waals surface area contributed by atoms with Gasteiger partial charge in [0.25, 0.3) is 0 Å². The summed E-state index contributed by atoms with van der Waals surface area (Å²) in [5.74, 6) is 1.50. The van der Waals surface area contributed by atoms with Crippen LogP contribution in [0.1, 0.15) is 4.88 Å². The molecular weight excluding hydrogens is 236 g/mol. The molecule has 2 heterocycles. The molecule has 0 aliphatic rings. The molecule has 0 saturated heterocycles. The first kappa shape index (κ1) is 12.1. The van der Waals surface area contributed by atoms with E-state index in [9.17, 15) is 0 Å². The normalized spacial score (nSPS) is 10.8. The van der Waals surface area contributed by atoms with Crippen LogP contribution in [-0.4, -0.2) is 37.3 Å². The van der Waals surface area contributed by atoms with Crippen molar-refractivity contribution in [2.45, 2.75) is 6.92 Å². The average Bonchev–Trinajstić information content (AvgIpc) is 2.69. The summed E-state index contributed by atoms with van der Waals surface area (Å²) in [5, 5.41) is 7.31. The Morgan fingerprint density at radius 1 is 1.41 bits per heavy atom. The zero-order chi connectivity index (χ0) is 12.3. The van der Waals surface area contributed by atoms with Gasteiger partial charge in [-0.3, -0.25) is 0 Å². The first-order chi connectivity index (χ1) is 8.24. The number of thiophene rings is 1. The van der Waals surface area contributed by atoms with E-state index in [4.69, 9.17) is 4.74 Å². The Hall–Kier alpha value is -1.40. The molecule has 2 aromatic heterocycles. The Labute approximate surface area is 104 Å². The number of methoxy groups -OCH3 is 1. The lowest BCUT2D eigenvalue weighted by Gasteiger charge is -2.07. The quantitative estimate of drug-likeness (QED) is 0.798. The fourth-order valence-corrected chi connectivity index (χ4v) is 2.44. The van der Waals surface area contributed by atoms with Gasteiger partial charge in [-0.1, -0.05) is 0 Å². The highest BCUT2D eigenvalue weighted by molar-refractivity contribution is 7.18. The van der Waals surface area contributed by atoms with Gasteiger partial charge in [-0.05, 0) is 13.0 Å². The maximum Gasteiger partial charge on any atom is 0.225 e. The summed E-state index contributed by atoms with van der Waals surface area (Å²) in [4.78, 5) is 11.1. The van der Waals surface area contributed by atoms with Gasteiger partial charge in [-0.15, -0.1) is 11.3 Å². The van der Waals surface area contributed by atoms with Crippen LogP contribution in [-0.2, 0) is 4.74 Å². The fraction of sp³-hybridized carbons (Fsp3) is 0.455. The maximum absolute atomic E-state index is 5.02. The Morgan fingerprint density at radius 2 is 2.24 bits per heavy atom. The molecule has 0 fully saturated rings. The average molecular weight is 252 g/mol. The van der Waals surface area contributed by atoms with Crippen LogP contribution >= 0.6 is 11.3 Å². The van der Waals surface area contributed by atoms with Crippen LogP contribution in [0.2, 0.25) is 0 Å². The Kier molecular flexibility index (Phi) is 3.75. The third-order valence-electron chi connectivity index (χ3n) is 2.34. The third-order valence-corrected chi connectivity index (χ3v) is 3.28. The van der Waals surface area contributed by atoms with E-state index in [1.807, 2.05) is 7.05 Å². The minimum atomic E-state index is 0.638. The van der Waals surface area contributed by atoms with Crippen LogP contribution in [0.25, 0.3) is 10.2 Å². The number of nitrogens with one attached hydrogen (secondary N) is 2. The number of anilines is 2. The molecule has 6 heteroatoms. The van der Waals surface area contributed by atoms with E-state index in [0.29, 0.717) is 12.6 Å². The molecule has 0 spiro atoms. The van der Waals surface area contributed by atoms with Gasteiger partial charge in [0.1, 0.15) is 10.6 Å². The zero-order valence-corrected chi connectivity index (χ0v) is 11.0. The van der Waals surface area contributed by atoms with Crippen LogP contribution in [0.5, 0.6) is 0 Å². The molecule has 0 unspecified atom stereocenters. The summed E-state index contributed by atoms with van der Waals surface area (Å²) in [6, 6.07) is 2.11. The summed E-state index contributed by atoms with van der Waals surface area (Å²) in [7, 11) is 3.51. The van der Waals surface area contributed by atoms with Gasteiger partial charge in [-0.25, -0.2) is 4.98 Å². The van der Waals surface area contributed by atoms with Gasteiger partial charge in [-0.2, -0.15) is 4.98 Å². The van der Waals surface area contributed by atoms with E-state index in [0.717, 1.165) is 22.6 Å². The smallest absolute Gasteiger partial charge is 0.225 e. The lowest BCUT2D eigenvalue weighted by Crippen LogP contribution is -2.10. The van der Waals surface area contributed by atoms with Gasteiger partial charge in [0.05, 0.1) is 12.0 Å². The lowest BCUT2D eigenvalue weighted by molar-refractivity contribution is 0.210. The monoisotopic (exact) mass is 252 g/mol. The lowest BCUT2D eigenvalue weighted by atomic mass is 10.3. The SMILES string of the molecule is CNc1nc(NCCOC)c2cc(C)sc2n1.